The molecule has 1 spiro atoms. The van der Waals surface area contributed by atoms with Crippen molar-refractivity contribution >= 4 is 57.9 Å². The summed E-state index contributed by atoms with van der Waals surface area (Å²) in [5.74, 6) is -8.18. The number of carbonyl (C=O) groups excluding carboxylic acids is 3. The maximum atomic E-state index is 15.3. The van der Waals surface area contributed by atoms with Gasteiger partial charge < -0.3 is 19.6 Å². The molecule has 18 heteroatoms. The standard InChI is InChI=1S/C35H34Cl2F6N6O3S/c1-17(2)25-26(53-31-45-32(4,20-6-8-24(37)44-13-20)27(49(25)31)19-5-7-21(36)22(38)11-19)29(51)47-16-34(39,40)12-23(47)28(50)46-15-33(9-10-33)48(14-18(46)3)30(52)35(41,42)43/h5-8,11,13,17-18,23,27H,9-10,12,14-16H2,1-4H3/t18-,23-,27-,32+/m1/s1. The number of aliphatic imine (C=N–C) groups is 1. The number of thioether (sulfide) groups is 1. The van der Waals surface area contributed by atoms with Gasteiger partial charge >= 0.3 is 12.1 Å². The summed E-state index contributed by atoms with van der Waals surface area (Å²) in [5, 5.41) is 0.487. The van der Waals surface area contributed by atoms with Crippen LogP contribution in [0.5, 0.6) is 0 Å². The van der Waals surface area contributed by atoms with Crippen molar-refractivity contribution in [1.82, 2.24) is 24.6 Å². The molecule has 7 rings (SSSR count). The number of nitrogens with zero attached hydrogens (tertiary/aromatic N) is 6. The van der Waals surface area contributed by atoms with Gasteiger partial charge in [-0.2, -0.15) is 13.2 Å². The van der Waals surface area contributed by atoms with E-state index < -0.39 is 90.3 Å². The van der Waals surface area contributed by atoms with E-state index in [1.54, 1.807) is 29.3 Å². The molecule has 1 saturated carbocycles. The molecule has 4 atom stereocenters. The van der Waals surface area contributed by atoms with Gasteiger partial charge in [0, 0.05) is 43.0 Å². The van der Waals surface area contributed by atoms with E-state index in [1.807, 2.05) is 20.8 Å². The third-order valence-electron chi connectivity index (χ3n) is 10.8. The van der Waals surface area contributed by atoms with Crippen molar-refractivity contribution in [3.05, 3.63) is 74.3 Å². The Labute approximate surface area is 315 Å². The number of rotatable bonds is 5. The van der Waals surface area contributed by atoms with E-state index in [-0.39, 0.29) is 34.5 Å². The third kappa shape index (κ3) is 6.35. The number of fused-ring (bicyclic) bond motifs is 1. The number of aromatic nitrogens is 1. The lowest BCUT2D eigenvalue weighted by Gasteiger charge is -2.47. The molecule has 9 nitrogen and oxygen atoms in total. The molecular weight excluding hydrogens is 769 g/mol. The maximum Gasteiger partial charge on any atom is 0.471 e. The molecule has 2 aromatic rings. The van der Waals surface area contributed by atoms with Gasteiger partial charge in [-0.25, -0.2) is 23.1 Å². The van der Waals surface area contributed by atoms with E-state index in [4.69, 9.17) is 28.2 Å². The lowest BCUT2D eigenvalue weighted by atomic mass is 9.81. The highest BCUT2D eigenvalue weighted by Gasteiger charge is 2.62. The van der Waals surface area contributed by atoms with Crippen LogP contribution in [0.2, 0.25) is 10.2 Å². The number of pyridine rings is 1. The summed E-state index contributed by atoms with van der Waals surface area (Å²) >= 11 is 13.1. The second kappa shape index (κ2) is 12.8. The van der Waals surface area contributed by atoms with Crippen LogP contribution in [0.15, 0.2) is 52.1 Å². The highest BCUT2D eigenvalue weighted by Crippen LogP contribution is 2.57. The van der Waals surface area contributed by atoms with Gasteiger partial charge in [0.2, 0.25) is 5.91 Å². The minimum absolute atomic E-state index is 0.0669. The van der Waals surface area contributed by atoms with E-state index >= 15 is 13.2 Å². The number of allylic oxidation sites excluding steroid dienone is 1. The Bertz CT molecular complexity index is 1960. The van der Waals surface area contributed by atoms with Crippen molar-refractivity contribution in [2.24, 2.45) is 10.9 Å². The average molecular weight is 804 g/mol. The summed E-state index contributed by atoms with van der Waals surface area (Å²) < 4.78 is 85.9. The fraction of sp³-hybridized carbons (Fsp3) is 0.514. The van der Waals surface area contributed by atoms with Gasteiger partial charge in [0.05, 0.1) is 23.1 Å². The molecule has 5 heterocycles. The van der Waals surface area contributed by atoms with Crippen LogP contribution in [-0.4, -0.2) is 96.8 Å². The molecule has 53 heavy (non-hydrogen) atoms. The number of hydrogen-bond donors (Lipinski definition) is 0. The molecule has 1 aliphatic carbocycles. The SMILES string of the molecule is CC(C)C1=C(C(=O)N2CC(F)(F)C[C@@H]2C(=O)N2CC3(CC3)N(C(=O)C(F)(F)F)C[C@H]2C)SC2=N[C@@](C)(c3ccc(Cl)nc3)[C@@H](c3ccc(Cl)c(F)c3)N21. The largest absolute Gasteiger partial charge is 0.471 e. The van der Waals surface area contributed by atoms with E-state index in [0.717, 1.165) is 21.6 Å². The van der Waals surface area contributed by atoms with Crippen LogP contribution in [0.1, 0.15) is 64.1 Å². The fourth-order valence-corrected chi connectivity index (χ4v) is 9.59. The Balaban J connectivity index is 1.24. The zero-order valence-electron chi connectivity index (χ0n) is 28.9. The Morgan fingerprint density at radius 3 is 2.32 bits per heavy atom. The minimum atomic E-state index is -5.11. The lowest BCUT2D eigenvalue weighted by molar-refractivity contribution is -0.193. The molecule has 2 saturated heterocycles. The fourth-order valence-electron chi connectivity index (χ4n) is 8.00. The first kappa shape index (κ1) is 37.8. The summed E-state index contributed by atoms with van der Waals surface area (Å²) in [5.41, 5.74) is -0.827. The second-order valence-corrected chi connectivity index (χ2v) is 16.6. The Morgan fingerprint density at radius 1 is 1.04 bits per heavy atom. The molecule has 3 fully saturated rings. The number of likely N-dealkylation sites (tertiary alicyclic amines) is 1. The molecule has 0 radical (unpaired) electrons. The summed E-state index contributed by atoms with van der Waals surface area (Å²) in [6.45, 7) is 5.14. The number of halogens is 8. The normalized spacial score (nSPS) is 27.6. The van der Waals surface area contributed by atoms with Crippen molar-refractivity contribution in [3.63, 3.8) is 0 Å². The first-order valence-corrected chi connectivity index (χ1v) is 18.5. The first-order valence-electron chi connectivity index (χ1n) is 16.9. The average Bonchev–Trinajstić information content (AvgIpc) is 3.50. The van der Waals surface area contributed by atoms with Gasteiger partial charge in [-0.15, -0.1) is 0 Å². The van der Waals surface area contributed by atoms with Crippen LogP contribution in [0.4, 0.5) is 26.3 Å². The van der Waals surface area contributed by atoms with Crippen LogP contribution >= 0.6 is 35.0 Å². The third-order valence-corrected chi connectivity index (χ3v) is 12.3. The van der Waals surface area contributed by atoms with Gasteiger partial charge in [0.15, 0.2) is 5.17 Å². The number of hydrogen-bond acceptors (Lipinski definition) is 7. The molecule has 1 aromatic heterocycles. The molecule has 0 N–H and O–H groups in total. The molecule has 284 valence electrons. The van der Waals surface area contributed by atoms with Crippen LogP contribution in [0.25, 0.3) is 0 Å². The Kier molecular flexibility index (Phi) is 9.12. The minimum Gasteiger partial charge on any atom is -0.334 e. The zero-order chi connectivity index (χ0) is 38.6. The summed E-state index contributed by atoms with van der Waals surface area (Å²) in [4.78, 5) is 54.9. The number of benzene rings is 1. The lowest BCUT2D eigenvalue weighted by Crippen LogP contribution is -2.65. The van der Waals surface area contributed by atoms with Crippen LogP contribution in [0.3, 0.4) is 0 Å². The van der Waals surface area contributed by atoms with Gasteiger partial charge in [-0.1, -0.05) is 49.2 Å². The van der Waals surface area contributed by atoms with Crippen molar-refractivity contribution < 1.29 is 40.7 Å². The second-order valence-electron chi connectivity index (χ2n) is 14.8. The van der Waals surface area contributed by atoms with Crippen molar-refractivity contribution in [2.75, 3.05) is 19.6 Å². The quantitative estimate of drug-likeness (QED) is 0.236. The van der Waals surface area contributed by atoms with Gasteiger partial charge in [0.25, 0.3) is 11.8 Å². The molecule has 3 amide bonds. The number of alkyl halides is 5. The smallest absolute Gasteiger partial charge is 0.334 e. The summed E-state index contributed by atoms with van der Waals surface area (Å²) in [6, 6.07) is 4.36. The monoisotopic (exact) mass is 802 g/mol. The first-order chi connectivity index (χ1) is 24.7. The zero-order valence-corrected chi connectivity index (χ0v) is 31.2. The topological polar surface area (TPSA) is 89.4 Å². The van der Waals surface area contributed by atoms with E-state index in [0.29, 0.717) is 22.0 Å². The van der Waals surface area contributed by atoms with E-state index in [1.165, 1.54) is 24.0 Å². The molecule has 0 unspecified atom stereocenters. The van der Waals surface area contributed by atoms with Crippen molar-refractivity contribution in [1.29, 1.82) is 0 Å². The predicted molar refractivity (Wildman–Crippen MR) is 185 cm³/mol. The van der Waals surface area contributed by atoms with Crippen molar-refractivity contribution in [2.45, 2.75) is 88.3 Å². The number of amides is 3. The highest BCUT2D eigenvalue weighted by atomic mass is 35.5. The van der Waals surface area contributed by atoms with Gasteiger partial charge in [0.1, 0.15) is 27.5 Å². The highest BCUT2D eigenvalue weighted by molar-refractivity contribution is 8.18. The molecule has 5 aliphatic rings. The summed E-state index contributed by atoms with van der Waals surface area (Å²) in [7, 11) is 0. The van der Waals surface area contributed by atoms with E-state index in [9.17, 15) is 27.6 Å². The van der Waals surface area contributed by atoms with Crippen LogP contribution < -0.4 is 0 Å². The number of amidine groups is 1. The summed E-state index contributed by atoms with van der Waals surface area (Å²) in [6.07, 6.45) is -4.10. The van der Waals surface area contributed by atoms with Crippen molar-refractivity contribution in [3.8, 4) is 0 Å². The van der Waals surface area contributed by atoms with E-state index in [2.05, 4.69) is 4.98 Å². The molecule has 0 bridgehead atoms. The number of carbonyl (C=O) groups is 3. The van der Waals surface area contributed by atoms with Gasteiger partial charge in [-0.05, 0) is 68.1 Å². The Morgan fingerprint density at radius 2 is 1.74 bits per heavy atom. The molecule has 4 aliphatic heterocycles. The van der Waals surface area contributed by atoms with Crippen LogP contribution in [0, 0.1) is 11.7 Å². The molecular formula is C35H34Cl2F6N6O3S. The predicted octanol–water partition coefficient (Wildman–Crippen LogP) is 7.16. The molecule has 1 aromatic carbocycles. The maximum absolute atomic E-state index is 15.3. The van der Waals surface area contributed by atoms with Crippen LogP contribution in [-0.2, 0) is 19.9 Å². The van der Waals surface area contributed by atoms with Gasteiger partial charge in [-0.3, -0.25) is 14.4 Å². The number of piperazine rings is 1. The Hall–Kier alpha value is -3.50.